The number of pyridine rings is 1. The van der Waals surface area contributed by atoms with Gasteiger partial charge in [0.15, 0.2) is 5.65 Å². The molecule has 4 aromatic rings. The fourth-order valence-electron chi connectivity index (χ4n) is 6.14. The SMILES string of the molecule is COC1(c2nc3nc(-c4n[nH]c(=O)o4)nc(-c4cncc(Cl)c4)c3n2CC2CCC(C)CC2)CCCCC1. The van der Waals surface area contributed by atoms with Gasteiger partial charge in [-0.15, -0.1) is 5.10 Å². The minimum absolute atomic E-state index is 0.00428. The summed E-state index contributed by atoms with van der Waals surface area (Å²) in [5.41, 5.74) is 2.17. The first-order valence-corrected chi connectivity index (χ1v) is 13.8. The molecule has 0 bridgehead atoms. The third kappa shape index (κ3) is 4.64. The largest absolute Gasteiger partial charge is 0.434 e. The van der Waals surface area contributed by atoms with Crippen LogP contribution in [0, 0.1) is 11.8 Å². The predicted octanol–water partition coefficient (Wildman–Crippen LogP) is 5.52. The minimum atomic E-state index is -0.673. The van der Waals surface area contributed by atoms with Gasteiger partial charge in [-0.2, -0.15) is 0 Å². The van der Waals surface area contributed by atoms with Crippen molar-refractivity contribution in [1.29, 1.82) is 0 Å². The molecule has 6 rings (SSSR count). The first kappa shape index (κ1) is 25.2. The number of fused-ring (bicyclic) bond motifs is 1. The van der Waals surface area contributed by atoms with Crippen molar-refractivity contribution in [3.05, 3.63) is 39.9 Å². The topological polar surface area (TPSA) is 125 Å². The van der Waals surface area contributed by atoms with E-state index in [1.54, 1.807) is 19.5 Å². The minimum Gasteiger partial charge on any atom is -0.384 e. The molecule has 0 aliphatic heterocycles. The molecule has 0 unspecified atom stereocenters. The van der Waals surface area contributed by atoms with E-state index in [0.29, 0.717) is 22.3 Å². The Morgan fingerprint density at radius 1 is 1.13 bits per heavy atom. The van der Waals surface area contributed by atoms with Crippen LogP contribution in [0.25, 0.3) is 34.1 Å². The molecule has 4 aromatic heterocycles. The van der Waals surface area contributed by atoms with Crippen LogP contribution in [-0.4, -0.2) is 41.8 Å². The van der Waals surface area contributed by atoms with Crippen molar-refractivity contribution in [3.8, 4) is 23.0 Å². The van der Waals surface area contributed by atoms with Crippen LogP contribution in [0.4, 0.5) is 0 Å². The molecule has 200 valence electrons. The second-order valence-electron chi connectivity index (χ2n) is 10.8. The van der Waals surface area contributed by atoms with Gasteiger partial charge in [0, 0.05) is 31.6 Å². The van der Waals surface area contributed by atoms with Gasteiger partial charge >= 0.3 is 5.76 Å². The third-order valence-corrected chi connectivity index (χ3v) is 8.45. The monoisotopic (exact) mass is 537 g/mol. The molecule has 0 saturated heterocycles. The molecular weight excluding hydrogens is 506 g/mol. The Labute approximate surface area is 225 Å². The molecular formula is C27H32ClN7O3. The number of halogens is 1. The summed E-state index contributed by atoms with van der Waals surface area (Å²) < 4.78 is 13.8. The number of ether oxygens (including phenoxy) is 1. The summed E-state index contributed by atoms with van der Waals surface area (Å²) in [6.07, 6.45) is 13.3. The lowest BCUT2D eigenvalue weighted by Gasteiger charge is -2.36. The van der Waals surface area contributed by atoms with Gasteiger partial charge in [0.25, 0.3) is 5.89 Å². The Hall–Kier alpha value is -3.11. The number of aromatic nitrogens is 7. The number of aromatic amines is 1. The van der Waals surface area contributed by atoms with Crippen LogP contribution in [0.1, 0.15) is 70.5 Å². The van der Waals surface area contributed by atoms with Crippen molar-refractivity contribution < 1.29 is 9.15 Å². The number of hydrogen-bond donors (Lipinski definition) is 1. The van der Waals surface area contributed by atoms with Crippen molar-refractivity contribution in [3.63, 3.8) is 0 Å². The first-order chi connectivity index (χ1) is 18.5. The van der Waals surface area contributed by atoms with E-state index < -0.39 is 11.4 Å². The highest BCUT2D eigenvalue weighted by Gasteiger charge is 2.40. The van der Waals surface area contributed by atoms with Gasteiger partial charge in [-0.3, -0.25) is 4.98 Å². The maximum Gasteiger partial charge on any atom is 0.434 e. The lowest BCUT2D eigenvalue weighted by molar-refractivity contribution is -0.0541. The smallest absolute Gasteiger partial charge is 0.384 e. The normalized spacial score (nSPS) is 21.7. The maximum absolute atomic E-state index is 11.7. The molecule has 11 heteroatoms. The summed E-state index contributed by atoms with van der Waals surface area (Å²) in [6.45, 7) is 3.15. The second kappa shape index (κ2) is 10.2. The highest BCUT2D eigenvalue weighted by atomic mass is 35.5. The van der Waals surface area contributed by atoms with Gasteiger partial charge in [-0.05, 0) is 43.6 Å². The van der Waals surface area contributed by atoms with Crippen molar-refractivity contribution in [1.82, 2.24) is 34.7 Å². The van der Waals surface area contributed by atoms with E-state index >= 15 is 0 Å². The molecule has 0 radical (unpaired) electrons. The molecule has 2 aliphatic carbocycles. The Balaban J connectivity index is 1.61. The zero-order chi connectivity index (χ0) is 26.3. The summed E-state index contributed by atoms with van der Waals surface area (Å²) in [7, 11) is 1.79. The Bertz CT molecular complexity index is 1500. The molecule has 0 amide bonds. The fourth-order valence-corrected chi connectivity index (χ4v) is 6.31. The lowest BCUT2D eigenvalue weighted by Crippen LogP contribution is -2.35. The molecule has 0 aromatic carbocycles. The van der Waals surface area contributed by atoms with Gasteiger partial charge in [0.1, 0.15) is 22.6 Å². The fraction of sp³-hybridized carbons (Fsp3) is 0.556. The average molecular weight is 538 g/mol. The van der Waals surface area contributed by atoms with E-state index in [4.69, 9.17) is 35.7 Å². The first-order valence-electron chi connectivity index (χ1n) is 13.5. The van der Waals surface area contributed by atoms with Crippen LogP contribution in [0.5, 0.6) is 0 Å². The van der Waals surface area contributed by atoms with Crippen LogP contribution >= 0.6 is 11.6 Å². The summed E-state index contributed by atoms with van der Waals surface area (Å²) in [5.74, 6) is 1.67. The highest BCUT2D eigenvalue weighted by molar-refractivity contribution is 6.30. The lowest BCUT2D eigenvalue weighted by atomic mass is 9.82. The van der Waals surface area contributed by atoms with E-state index in [-0.39, 0.29) is 11.7 Å². The van der Waals surface area contributed by atoms with E-state index in [0.717, 1.165) is 55.1 Å². The van der Waals surface area contributed by atoms with E-state index in [9.17, 15) is 4.79 Å². The number of nitrogens with one attached hydrogen (secondary N) is 1. The number of hydrogen-bond acceptors (Lipinski definition) is 8. The number of imidazole rings is 1. The van der Waals surface area contributed by atoms with Crippen LogP contribution < -0.4 is 5.76 Å². The zero-order valence-corrected chi connectivity index (χ0v) is 22.5. The van der Waals surface area contributed by atoms with Gasteiger partial charge < -0.3 is 13.7 Å². The zero-order valence-electron chi connectivity index (χ0n) is 21.7. The second-order valence-corrected chi connectivity index (χ2v) is 11.2. The highest BCUT2D eigenvalue weighted by Crippen LogP contribution is 2.43. The number of nitrogens with zero attached hydrogens (tertiary/aromatic N) is 6. The summed E-state index contributed by atoms with van der Waals surface area (Å²) in [5, 5.41) is 6.75. The van der Waals surface area contributed by atoms with Gasteiger partial charge in [0.2, 0.25) is 5.82 Å². The van der Waals surface area contributed by atoms with Gasteiger partial charge in [0.05, 0.1) is 5.02 Å². The number of rotatable bonds is 6. The molecule has 10 nitrogen and oxygen atoms in total. The van der Waals surface area contributed by atoms with Crippen LogP contribution in [0.3, 0.4) is 0 Å². The van der Waals surface area contributed by atoms with Gasteiger partial charge in [-0.1, -0.05) is 50.6 Å². The molecule has 1 N–H and O–H groups in total. The predicted molar refractivity (Wildman–Crippen MR) is 143 cm³/mol. The molecule has 2 aliphatic rings. The molecule has 38 heavy (non-hydrogen) atoms. The summed E-state index contributed by atoms with van der Waals surface area (Å²) >= 11 is 6.36. The molecule has 2 saturated carbocycles. The quantitative estimate of drug-likeness (QED) is 0.341. The summed E-state index contributed by atoms with van der Waals surface area (Å²) in [6, 6.07) is 1.83. The Morgan fingerprint density at radius 2 is 1.92 bits per heavy atom. The average Bonchev–Trinajstić information content (AvgIpc) is 3.54. The Morgan fingerprint density at radius 3 is 2.61 bits per heavy atom. The third-order valence-electron chi connectivity index (χ3n) is 8.25. The van der Waals surface area contributed by atoms with E-state index in [1.807, 2.05) is 6.07 Å². The van der Waals surface area contributed by atoms with Gasteiger partial charge in [-0.25, -0.2) is 24.8 Å². The molecule has 2 fully saturated rings. The number of H-pyrrole nitrogens is 1. The van der Waals surface area contributed by atoms with Crippen molar-refractivity contribution >= 4 is 22.8 Å². The molecule has 4 heterocycles. The van der Waals surface area contributed by atoms with Crippen LogP contribution in [0.2, 0.25) is 5.02 Å². The van der Waals surface area contributed by atoms with Crippen molar-refractivity contribution in [2.75, 3.05) is 7.11 Å². The van der Waals surface area contributed by atoms with E-state index in [1.165, 1.54) is 32.1 Å². The van der Waals surface area contributed by atoms with Crippen LogP contribution in [-0.2, 0) is 16.9 Å². The molecule has 0 spiro atoms. The summed E-state index contributed by atoms with van der Waals surface area (Å²) in [4.78, 5) is 30.8. The maximum atomic E-state index is 11.7. The Kier molecular flexibility index (Phi) is 6.77. The van der Waals surface area contributed by atoms with Crippen molar-refractivity contribution in [2.45, 2.75) is 76.9 Å². The standard InChI is InChI=1S/C27H32ClN7O3/c1-16-6-8-17(9-7-16)15-35-21-20(18-12-19(28)14-29-13-18)30-23(24-33-34-26(36)38-24)31-22(21)32-25(35)27(37-2)10-4-3-5-11-27/h12-14,16-17H,3-11,15H2,1-2H3,(H,34,36). The molecule has 0 atom stereocenters. The number of methoxy groups -OCH3 is 1. The van der Waals surface area contributed by atoms with E-state index in [2.05, 4.69) is 26.7 Å². The van der Waals surface area contributed by atoms with Crippen molar-refractivity contribution in [2.24, 2.45) is 11.8 Å². The van der Waals surface area contributed by atoms with Crippen LogP contribution in [0.15, 0.2) is 27.7 Å².